The maximum absolute atomic E-state index is 13.3. The van der Waals surface area contributed by atoms with E-state index in [0.717, 1.165) is 5.56 Å². The molecule has 3 atom stereocenters. The molecule has 4 rings (SSSR count). The standard InChI is InChI=1S/C28H31Cl3N4O2/c1-7-37-23-21(16-32-24(33-23)26(2,3)4)22-34-27(5,17-8-12-19(29)13-9-17)28(6,35(22)25(31)36)18-10-14-20(30)15-11-18/h8-10,12-16,18H,7,11H2,1-6H3. The number of hydrogen-bond acceptors (Lipinski definition) is 5. The summed E-state index contributed by atoms with van der Waals surface area (Å²) >= 11 is 18.9. The largest absolute Gasteiger partial charge is 0.477 e. The van der Waals surface area contributed by atoms with Gasteiger partial charge in [0.15, 0.2) is 0 Å². The van der Waals surface area contributed by atoms with Gasteiger partial charge in [0.25, 0.3) is 0 Å². The Kier molecular flexibility index (Phi) is 7.50. The molecular weight excluding hydrogens is 531 g/mol. The number of ether oxygens (including phenoxy) is 1. The number of aliphatic imine (C=N–C) groups is 1. The van der Waals surface area contributed by atoms with Crippen molar-refractivity contribution in [3.05, 3.63) is 75.7 Å². The summed E-state index contributed by atoms with van der Waals surface area (Å²) in [6.45, 7) is 12.4. The maximum Gasteiger partial charge on any atom is 0.322 e. The van der Waals surface area contributed by atoms with Gasteiger partial charge in [0.05, 0.1) is 17.7 Å². The van der Waals surface area contributed by atoms with E-state index in [1.165, 1.54) is 0 Å². The second-order valence-corrected chi connectivity index (χ2v) is 11.8. The average Bonchev–Trinajstić information content (AvgIpc) is 3.08. The number of rotatable bonds is 5. The highest BCUT2D eigenvalue weighted by atomic mass is 35.5. The minimum absolute atomic E-state index is 0.148. The van der Waals surface area contributed by atoms with Crippen LogP contribution in [0.5, 0.6) is 5.88 Å². The van der Waals surface area contributed by atoms with Crippen LogP contribution in [0.25, 0.3) is 0 Å². The lowest BCUT2D eigenvalue weighted by Crippen LogP contribution is -2.60. The van der Waals surface area contributed by atoms with E-state index in [-0.39, 0.29) is 11.3 Å². The lowest BCUT2D eigenvalue weighted by molar-refractivity contribution is 0.106. The van der Waals surface area contributed by atoms with Crippen molar-refractivity contribution in [3.8, 4) is 5.88 Å². The monoisotopic (exact) mass is 560 g/mol. The SMILES string of the molecule is CCOc1nc(C(C)(C)C)ncc1C1=NC(C)(c2ccc(Cl)cc2)C(C)(C2C=CC(Cl)=CC2)N1C(=O)Cl. The van der Waals surface area contributed by atoms with Crippen molar-refractivity contribution < 1.29 is 9.53 Å². The number of allylic oxidation sites excluding steroid dienone is 3. The fraction of sp³-hybridized carbons (Fsp3) is 0.429. The van der Waals surface area contributed by atoms with Crippen molar-refractivity contribution in [2.45, 2.75) is 64.5 Å². The third-order valence-corrected chi connectivity index (χ3v) is 8.00. The van der Waals surface area contributed by atoms with E-state index >= 15 is 0 Å². The zero-order valence-corrected chi connectivity index (χ0v) is 24.1. The molecule has 0 fully saturated rings. The van der Waals surface area contributed by atoms with Crippen LogP contribution >= 0.6 is 34.8 Å². The number of carbonyl (C=O) groups is 1. The molecule has 0 bridgehead atoms. The number of hydrogen-bond donors (Lipinski definition) is 0. The number of carbonyl (C=O) groups excluding carboxylic acids is 1. The molecule has 6 nitrogen and oxygen atoms in total. The molecule has 1 aromatic carbocycles. The van der Waals surface area contributed by atoms with Crippen molar-refractivity contribution >= 4 is 46.0 Å². The van der Waals surface area contributed by atoms with Gasteiger partial charge in [0, 0.05) is 27.6 Å². The Bertz CT molecular complexity index is 1300. The van der Waals surface area contributed by atoms with Crippen molar-refractivity contribution in [1.29, 1.82) is 0 Å². The first-order valence-corrected chi connectivity index (χ1v) is 13.4. The van der Waals surface area contributed by atoms with Crippen molar-refractivity contribution in [3.63, 3.8) is 0 Å². The van der Waals surface area contributed by atoms with Crippen molar-refractivity contribution in [2.24, 2.45) is 10.9 Å². The van der Waals surface area contributed by atoms with E-state index in [4.69, 9.17) is 49.5 Å². The predicted molar refractivity (Wildman–Crippen MR) is 150 cm³/mol. The lowest BCUT2D eigenvalue weighted by atomic mass is 9.66. The third-order valence-electron chi connectivity index (χ3n) is 7.30. The van der Waals surface area contributed by atoms with Crippen LogP contribution in [-0.2, 0) is 11.0 Å². The van der Waals surface area contributed by atoms with Crippen LogP contribution in [0.3, 0.4) is 0 Å². The van der Waals surface area contributed by atoms with Gasteiger partial charge < -0.3 is 4.74 Å². The molecule has 2 heterocycles. The Morgan fingerprint density at radius 2 is 1.86 bits per heavy atom. The zero-order chi connectivity index (χ0) is 27.2. The molecule has 0 radical (unpaired) electrons. The molecule has 1 amide bonds. The van der Waals surface area contributed by atoms with Crippen LogP contribution in [0.2, 0.25) is 5.02 Å². The van der Waals surface area contributed by atoms with Gasteiger partial charge in [-0.25, -0.2) is 4.98 Å². The Labute approximate surface area is 233 Å². The number of halogens is 3. The lowest BCUT2D eigenvalue weighted by Gasteiger charge is -2.48. The summed E-state index contributed by atoms with van der Waals surface area (Å²) in [6.07, 6.45) is 8.10. The summed E-state index contributed by atoms with van der Waals surface area (Å²) in [5, 5.41) is 0.606. The van der Waals surface area contributed by atoms with Gasteiger partial charge in [-0.2, -0.15) is 4.98 Å². The zero-order valence-electron chi connectivity index (χ0n) is 21.8. The highest BCUT2D eigenvalue weighted by Crippen LogP contribution is 2.53. The Hall–Kier alpha value is -2.41. The van der Waals surface area contributed by atoms with E-state index in [1.54, 1.807) is 11.1 Å². The molecule has 0 saturated heterocycles. The highest BCUT2D eigenvalue weighted by molar-refractivity contribution is 6.64. The minimum atomic E-state index is -0.911. The molecule has 196 valence electrons. The molecular formula is C28H31Cl3N4O2. The summed E-state index contributed by atoms with van der Waals surface area (Å²) in [7, 11) is 0. The van der Waals surface area contributed by atoms with Crippen LogP contribution in [0, 0.1) is 5.92 Å². The van der Waals surface area contributed by atoms with E-state index in [9.17, 15) is 4.79 Å². The molecule has 0 saturated carbocycles. The number of nitrogens with zero attached hydrogens (tertiary/aromatic N) is 4. The molecule has 1 aromatic heterocycles. The first kappa shape index (κ1) is 27.6. The molecule has 37 heavy (non-hydrogen) atoms. The molecule has 1 aliphatic carbocycles. The molecule has 0 N–H and O–H groups in total. The summed E-state index contributed by atoms with van der Waals surface area (Å²) < 4.78 is 5.96. The van der Waals surface area contributed by atoms with Gasteiger partial charge >= 0.3 is 5.37 Å². The van der Waals surface area contributed by atoms with Crippen molar-refractivity contribution in [2.75, 3.05) is 6.61 Å². The summed E-state index contributed by atoms with van der Waals surface area (Å²) in [5.74, 6) is 1.19. The average molecular weight is 562 g/mol. The van der Waals surface area contributed by atoms with Gasteiger partial charge in [-0.05, 0) is 62.6 Å². The van der Waals surface area contributed by atoms with Crippen LogP contribution in [0.4, 0.5) is 4.79 Å². The second-order valence-electron chi connectivity index (χ2n) is 10.6. The normalized spacial score (nSPS) is 25.6. The summed E-state index contributed by atoms with van der Waals surface area (Å²) in [5.41, 5.74) is -0.728. The topological polar surface area (TPSA) is 67.7 Å². The van der Waals surface area contributed by atoms with Crippen LogP contribution in [-0.4, -0.2) is 38.2 Å². The molecule has 9 heteroatoms. The fourth-order valence-corrected chi connectivity index (χ4v) is 5.60. The minimum Gasteiger partial charge on any atom is -0.477 e. The molecule has 2 aromatic rings. The van der Waals surface area contributed by atoms with Gasteiger partial charge in [0.2, 0.25) is 5.88 Å². The number of amides is 1. The van der Waals surface area contributed by atoms with E-state index in [1.807, 2.05) is 84.0 Å². The first-order chi connectivity index (χ1) is 17.3. The van der Waals surface area contributed by atoms with Crippen LogP contribution < -0.4 is 4.74 Å². The fourth-order valence-electron chi connectivity index (χ4n) is 5.06. The molecule has 3 unspecified atom stereocenters. The number of amidine groups is 1. The van der Waals surface area contributed by atoms with Crippen LogP contribution in [0.1, 0.15) is 64.9 Å². The Morgan fingerprint density at radius 1 is 1.19 bits per heavy atom. The van der Waals surface area contributed by atoms with Gasteiger partial charge in [-0.1, -0.05) is 68.3 Å². The highest BCUT2D eigenvalue weighted by Gasteiger charge is 2.61. The molecule has 1 aliphatic heterocycles. The Morgan fingerprint density at radius 3 is 2.41 bits per heavy atom. The third kappa shape index (κ3) is 4.80. The first-order valence-electron chi connectivity index (χ1n) is 12.2. The van der Waals surface area contributed by atoms with E-state index in [2.05, 4.69) is 4.98 Å². The van der Waals surface area contributed by atoms with Crippen molar-refractivity contribution in [1.82, 2.24) is 14.9 Å². The van der Waals surface area contributed by atoms with Gasteiger partial charge in [-0.15, -0.1) is 0 Å². The predicted octanol–water partition coefficient (Wildman–Crippen LogP) is 7.62. The summed E-state index contributed by atoms with van der Waals surface area (Å²) in [4.78, 5) is 29.4. The number of benzene rings is 1. The summed E-state index contributed by atoms with van der Waals surface area (Å²) in [6, 6.07) is 7.51. The van der Waals surface area contributed by atoms with E-state index in [0.29, 0.717) is 46.2 Å². The molecule has 2 aliphatic rings. The van der Waals surface area contributed by atoms with Gasteiger partial charge in [0.1, 0.15) is 17.2 Å². The van der Waals surface area contributed by atoms with Crippen LogP contribution in [0.15, 0.2) is 58.7 Å². The second kappa shape index (κ2) is 10.0. The number of aromatic nitrogens is 2. The smallest absolute Gasteiger partial charge is 0.322 e. The quantitative estimate of drug-likeness (QED) is 0.278. The maximum atomic E-state index is 13.3. The van der Waals surface area contributed by atoms with Gasteiger partial charge in [-0.3, -0.25) is 14.7 Å². The Balaban J connectivity index is 1.99. The molecule has 0 spiro atoms. The van der Waals surface area contributed by atoms with E-state index < -0.39 is 16.4 Å².